The molecule has 2 aromatic rings. The molecule has 3 rings (SSSR count). The molecule has 0 saturated carbocycles. The summed E-state index contributed by atoms with van der Waals surface area (Å²) in [5.74, 6) is 1.51. The maximum Gasteiger partial charge on any atom is 0.244 e. The van der Waals surface area contributed by atoms with Crippen LogP contribution in [-0.4, -0.2) is 69.3 Å². The van der Waals surface area contributed by atoms with Gasteiger partial charge in [0.15, 0.2) is 11.6 Å². The van der Waals surface area contributed by atoms with Crippen LogP contribution in [0.3, 0.4) is 0 Å². The number of likely N-dealkylation sites (tertiary alicyclic amines) is 1. The summed E-state index contributed by atoms with van der Waals surface area (Å²) in [4.78, 5) is 20.2. The summed E-state index contributed by atoms with van der Waals surface area (Å²) in [6.07, 6.45) is 3.93. The highest BCUT2D eigenvalue weighted by molar-refractivity contribution is 5.76. The van der Waals surface area contributed by atoms with Crippen LogP contribution in [-0.2, 0) is 11.3 Å². The van der Waals surface area contributed by atoms with E-state index < -0.39 is 0 Å². The quantitative estimate of drug-likeness (QED) is 0.755. The van der Waals surface area contributed by atoms with Gasteiger partial charge in [0.1, 0.15) is 19.0 Å². The number of hydrogen-bond donors (Lipinski definition) is 0. The molecule has 0 N–H and O–H groups in total. The topological polar surface area (TPSA) is 89.3 Å². The molecule has 0 bridgehead atoms. The van der Waals surface area contributed by atoms with Gasteiger partial charge in [-0.15, -0.1) is 5.10 Å². The fourth-order valence-electron chi connectivity index (χ4n) is 2.53. The maximum atomic E-state index is 12.2. The van der Waals surface area contributed by atoms with Crippen molar-refractivity contribution in [3.63, 3.8) is 0 Å². The Hall–Kier alpha value is -2.71. The van der Waals surface area contributed by atoms with Gasteiger partial charge in [0.2, 0.25) is 5.91 Å². The Balaban J connectivity index is 1.59. The van der Waals surface area contributed by atoms with E-state index in [0.29, 0.717) is 13.1 Å². The van der Waals surface area contributed by atoms with Gasteiger partial charge in [0.05, 0.1) is 6.54 Å². The van der Waals surface area contributed by atoms with Crippen LogP contribution >= 0.6 is 0 Å². The predicted molar refractivity (Wildman–Crippen MR) is 82.0 cm³/mol. The first-order valence-electron chi connectivity index (χ1n) is 7.41. The van der Waals surface area contributed by atoms with E-state index >= 15 is 0 Å². The first kappa shape index (κ1) is 15.2. The van der Waals surface area contributed by atoms with Crippen molar-refractivity contribution in [2.45, 2.75) is 19.1 Å². The Kier molecular flexibility index (Phi) is 4.35. The number of carbonyl (C=O) groups is 1. The van der Waals surface area contributed by atoms with E-state index in [-0.39, 0.29) is 18.6 Å². The zero-order valence-corrected chi connectivity index (χ0v) is 13.2. The van der Waals surface area contributed by atoms with E-state index in [2.05, 4.69) is 20.5 Å². The van der Waals surface area contributed by atoms with Gasteiger partial charge < -0.3 is 14.5 Å². The lowest BCUT2D eigenvalue weighted by atomic mass is 10.3. The third-order valence-corrected chi connectivity index (χ3v) is 3.65. The Labute approximate surface area is 133 Å². The molecule has 1 saturated heterocycles. The highest BCUT2D eigenvalue weighted by Crippen LogP contribution is 2.26. The van der Waals surface area contributed by atoms with Crippen LogP contribution in [0.15, 0.2) is 24.7 Å². The molecule has 1 amide bonds. The molecule has 9 nitrogen and oxygen atoms in total. The summed E-state index contributed by atoms with van der Waals surface area (Å²) in [5, 5.41) is 10.8. The number of nitrogens with zero attached hydrogens (tertiary/aromatic N) is 7. The minimum Gasteiger partial charge on any atom is -0.485 e. The Morgan fingerprint density at radius 1 is 1.48 bits per heavy atom. The van der Waals surface area contributed by atoms with E-state index in [9.17, 15) is 4.79 Å². The number of pyridine rings is 1. The SMILES string of the molecule is CN(C)c1ncccc1OC1CCN(C(=O)Cn2cnnn2)C1. The van der Waals surface area contributed by atoms with Crippen LogP contribution in [0, 0.1) is 0 Å². The molecular weight excluding hydrogens is 298 g/mol. The highest BCUT2D eigenvalue weighted by atomic mass is 16.5. The average molecular weight is 317 g/mol. The largest absolute Gasteiger partial charge is 0.485 e. The molecule has 122 valence electrons. The van der Waals surface area contributed by atoms with Crippen molar-refractivity contribution in [2.75, 3.05) is 32.1 Å². The molecule has 9 heteroatoms. The van der Waals surface area contributed by atoms with Gasteiger partial charge in [-0.3, -0.25) is 4.79 Å². The molecule has 1 fully saturated rings. The lowest BCUT2D eigenvalue weighted by Crippen LogP contribution is -2.33. The average Bonchev–Trinajstić information content (AvgIpc) is 3.19. The van der Waals surface area contributed by atoms with Crippen LogP contribution < -0.4 is 9.64 Å². The molecule has 1 aliphatic heterocycles. The van der Waals surface area contributed by atoms with Crippen molar-refractivity contribution in [3.8, 4) is 5.75 Å². The monoisotopic (exact) mass is 317 g/mol. The van der Waals surface area contributed by atoms with Crippen LogP contribution in [0.5, 0.6) is 5.75 Å². The molecule has 1 atom stereocenters. The molecule has 1 aliphatic rings. The fraction of sp³-hybridized carbons (Fsp3) is 0.500. The number of ether oxygens (including phenoxy) is 1. The second-order valence-electron chi connectivity index (χ2n) is 5.60. The van der Waals surface area contributed by atoms with E-state index in [1.165, 1.54) is 11.0 Å². The zero-order valence-electron chi connectivity index (χ0n) is 13.2. The zero-order chi connectivity index (χ0) is 16.2. The summed E-state index contributed by atoms with van der Waals surface area (Å²) < 4.78 is 7.46. The van der Waals surface area contributed by atoms with E-state index in [1.807, 2.05) is 31.1 Å². The smallest absolute Gasteiger partial charge is 0.244 e. The minimum atomic E-state index is -0.0317. The van der Waals surface area contributed by atoms with Gasteiger partial charge in [-0.05, 0) is 22.6 Å². The second kappa shape index (κ2) is 6.59. The Morgan fingerprint density at radius 3 is 3.09 bits per heavy atom. The van der Waals surface area contributed by atoms with Gasteiger partial charge in [-0.1, -0.05) is 0 Å². The van der Waals surface area contributed by atoms with Crippen molar-refractivity contribution in [2.24, 2.45) is 0 Å². The summed E-state index contributed by atoms with van der Waals surface area (Å²) in [6, 6.07) is 3.74. The number of tetrazole rings is 1. The van der Waals surface area contributed by atoms with E-state index in [4.69, 9.17) is 4.74 Å². The standard InChI is InChI=1S/C14H19N7O2/c1-19(2)14-12(4-3-6-15-14)23-11-5-7-20(8-11)13(22)9-21-10-16-17-18-21/h3-4,6,10-11H,5,7-9H2,1-2H3. The maximum absolute atomic E-state index is 12.2. The molecule has 1 unspecified atom stereocenters. The normalized spacial score (nSPS) is 17.3. The number of hydrogen-bond acceptors (Lipinski definition) is 7. The number of aromatic nitrogens is 5. The third kappa shape index (κ3) is 3.55. The Morgan fingerprint density at radius 2 is 2.35 bits per heavy atom. The van der Waals surface area contributed by atoms with Crippen LogP contribution in [0.2, 0.25) is 0 Å². The van der Waals surface area contributed by atoms with Gasteiger partial charge in [-0.25, -0.2) is 9.67 Å². The summed E-state index contributed by atoms with van der Waals surface area (Å²) in [5.41, 5.74) is 0. The number of amides is 1. The van der Waals surface area contributed by atoms with Crippen LogP contribution in [0.25, 0.3) is 0 Å². The van der Waals surface area contributed by atoms with Crippen LogP contribution in [0.1, 0.15) is 6.42 Å². The van der Waals surface area contributed by atoms with Gasteiger partial charge in [0.25, 0.3) is 0 Å². The predicted octanol–water partition coefficient (Wildman–Crippen LogP) is -0.186. The minimum absolute atomic E-state index is 0.0116. The Bertz CT molecular complexity index is 659. The molecule has 3 heterocycles. The molecular formula is C14H19N7O2. The molecule has 23 heavy (non-hydrogen) atoms. The number of carbonyl (C=O) groups excluding carboxylic acids is 1. The van der Waals surface area contributed by atoms with Gasteiger partial charge in [-0.2, -0.15) is 0 Å². The molecule has 0 aromatic carbocycles. The van der Waals surface area contributed by atoms with Gasteiger partial charge in [0, 0.05) is 33.3 Å². The van der Waals surface area contributed by atoms with E-state index in [1.54, 1.807) is 11.1 Å². The first-order valence-corrected chi connectivity index (χ1v) is 7.41. The van der Waals surface area contributed by atoms with Crippen molar-refractivity contribution in [1.82, 2.24) is 30.1 Å². The van der Waals surface area contributed by atoms with Crippen molar-refractivity contribution in [1.29, 1.82) is 0 Å². The summed E-state index contributed by atoms with van der Waals surface area (Å²) in [7, 11) is 3.84. The van der Waals surface area contributed by atoms with Crippen LogP contribution in [0.4, 0.5) is 5.82 Å². The van der Waals surface area contributed by atoms with Crippen molar-refractivity contribution in [3.05, 3.63) is 24.7 Å². The molecule has 2 aromatic heterocycles. The number of anilines is 1. The van der Waals surface area contributed by atoms with Crippen molar-refractivity contribution >= 4 is 11.7 Å². The lowest BCUT2D eigenvalue weighted by Gasteiger charge is -2.20. The number of rotatable bonds is 5. The second-order valence-corrected chi connectivity index (χ2v) is 5.60. The third-order valence-electron chi connectivity index (χ3n) is 3.65. The van der Waals surface area contributed by atoms with E-state index in [0.717, 1.165) is 18.0 Å². The molecule has 0 spiro atoms. The molecule has 0 radical (unpaired) electrons. The molecule has 0 aliphatic carbocycles. The summed E-state index contributed by atoms with van der Waals surface area (Å²) >= 11 is 0. The van der Waals surface area contributed by atoms with Gasteiger partial charge >= 0.3 is 0 Å². The highest BCUT2D eigenvalue weighted by Gasteiger charge is 2.28. The fourth-order valence-corrected chi connectivity index (χ4v) is 2.53. The first-order chi connectivity index (χ1) is 11.1. The lowest BCUT2D eigenvalue weighted by molar-refractivity contribution is -0.131. The summed E-state index contributed by atoms with van der Waals surface area (Å²) in [6.45, 7) is 1.38. The van der Waals surface area contributed by atoms with Crippen molar-refractivity contribution < 1.29 is 9.53 Å².